The van der Waals surface area contributed by atoms with E-state index in [0.29, 0.717) is 0 Å². The third kappa shape index (κ3) is 244. The van der Waals surface area contributed by atoms with Gasteiger partial charge < -0.3 is 4.79 Å². The van der Waals surface area contributed by atoms with Crippen LogP contribution in [0.2, 0.25) is 0 Å². The summed E-state index contributed by atoms with van der Waals surface area (Å²) < 4.78 is 0. The molecular formula is C3H9GaO. The van der Waals surface area contributed by atoms with Crippen LogP contribution in [-0.4, -0.2) is 25.6 Å². The molecule has 5 heavy (non-hydrogen) atoms. The molecule has 0 aromatic rings. The van der Waals surface area contributed by atoms with Gasteiger partial charge in [0.2, 0.25) is 0 Å². The molecule has 2 heteroatoms. The van der Waals surface area contributed by atoms with Gasteiger partial charge in [-0.1, -0.05) is 0 Å². The fourth-order valence-electron chi connectivity index (χ4n) is 0. The molecule has 0 spiro atoms. The van der Waals surface area contributed by atoms with Gasteiger partial charge in [-0.3, -0.25) is 0 Å². The van der Waals surface area contributed by atoms with E-state index in [4.69, 9.17) is 0 Å². The number of hydrogen-bond acceptors (Lipinski definition) is 1. The first-order valence-corrected chi connectivity index (χ1v) is 1.20. The molecule has 0 aromatic carbocycles. The summed E-state index contributed by atoms with van der Waals surface area (Å²) in [7, 11) is 0. The Balaban J connectivity index is 0. The van der Waals surface area contributed by atoms with E-state index in [0.717, 1.165) is 0 Å². The van der Waals surface area contributed by atoms with Crippen LogP contribution >= 0.6 is 0 Å². The minimum atomic E-state index is 0. The summed E-state index contributed by atoms with van der Waals surface area (Å²) in [5.74, 6) is 0.167. The SMILES string of the molecule is CC(C)=O.[GaH3]. The molecule has 0 saturated carbocycles. The van der Waals surface area contributed by atoms with Gasteiger partial charge in [0, 0.05) is 0 Å². The minimum absolute atomic E-state index is 0. The topological polar surface area (TPSA) is 17.1 Å². The number of carbonyl (C=O) groups is 1. The second-order valence-corrected chi connectivity index (χ2v) is 0.908. The predicted octanol–water partition coefficient (Wildman–Crippen LogP) is -0.589. The molecule has 0 aliphatic carbocycles. The van der Waals surface area contributed by atoms with Gasteiger partial charge in [0.25, 0.3) is 0 Å². The van der Waals surface area contributed by atoms with Crippen LogP contribution in [0.3, 0.4) is 0 Å². The Labute approximate surface area is 44.8 Å². The normalized spacial score (nSPS) is 5.20. The summed E-state index contributed by atoms with van der Waals surface area (Å²) in [6.07, 6.45) is 0. The van der Waals surface area contributed by atoms with E-state index in [1.807, 2.05) is 0 Å². The van der Waals surface area contributed by atoms with Gasteiger partial charge in [-0.05, 0) is 13.8 Å². The summed E-state index contributed by atoms with van der Waals surface area (Å²) in [6.45, 7) is 3.06. The van der Waals surface area contributed by atoms with Crippen LogP contribution < -0.4 is 0 Å². The Morgan fingerprint density at radius 1 is 1.40 bits per heavy atom. The zero-order valence-electron chi connectivity index (χ0n) is 2.91. The van der Waals surface area contributed by atoms with Crippen LogP contribution in [0.15, 0.2) is 0 Å². The van der Waals surface area contributed by atoms with E-state index in [9.17, 15) is 4.79 Å². The van der Waals surface area contributed by atoms with Crippen LogP contribution in [0.25, 0.3) is 0 Å². The fraction of sp³-hybridized carbons (Fsp3) is 0.667. The van der Waals surface area contributed by atoms with Crippen LogP contribution in [0.1, 0.15) is 13.8 Å². The van der Waals surface area contributed by atoms with Gasteiger partial charge >= 0.3 is 19.8 Å². The average Bonchev–Trinajstić information content (AvgIpc) is 0.811. The molecule has 0 heterocycles. The molecule has 0 radical (unpaired) electrons. The van der Waals surface area contributed by atoms with Crippen LogP contribution in [-0.2, 0) is 4.79 Å². The number of rotatable bonds is 0. The molecule has 0 bridgehead atoms. The molecule has 0 amide bonds. The van der Waals surface area contributed by atoms with E-state index in [1.165, 1.54) is 13.8 Å². The second-order valence-electron chi connectivity index (χ2n) is 0.908. The van der Waals surface area contributed by atoms with Crippen molar-refractivity contribution in [3.05, 3.63) is 0 Å². The Kier molecular flexibility index (Phi) is 7.75. The van der Waals surface area contributed by atoms with E-state index in [2.05, 4.69) is 0 Å². The van der Waals surface area contributed by atoms with Crippen molar-refractivity contribution in [1.29, 1.82) is 0 Å². The number of Topliss-reactive ketones (excluding diaryl/α,β-unsaturated/α-hetero) is 1. The molecule has 0 unspecified atom stereocenters. The van der Waals surface area contributed by atoms with E-state index >= 15 is 0 Å². The summed E-state index contributed by atoms with van der Waals surface area (Å²) in [5.41, 5.74) is 0. The molecular weight excluding hydrogens is 122 g/mol. The van der Waals surface area contributed by atoms with Crippen molar-refractivity contribution in [3.63, 3.8) is 0 Å². The van der Waals surface area contributed by atoms with Crippen molar-refractivity contribution in [1.82, 2.24) is 0 Å². The van der Waals surface area contributed by atoms with E-state index in [1.54, 1.807) is 0 Å². The van der Waals surface area contributed by atoms with Crippen molar-refractivity contribution in [3.8, 4) is 0 Å². The molecule has 0 aromatic heterocycles. The van der Waals surface area contributed by atoms with E-state index < -0.39 is 0 Å². The van der Waals surface area contributed by atoms with Crippen LogP contribution in [0.4, 0.5) is 0 Å². The van der Waals surface area contributed by atoms with Crippen molar-refractivity contribution in [2.75, 3.05) is 0 Å². The maximum absolute atomic E-state index is 9.44. The first kappa shape index (κ1) is 9.00. The zero-order chi connectivity index (χ0) is 3.58. The monoisotopic (exact) mass is 130 g/mol. The summed E-state index contributed by atoms with van der Waals surface area (Å²) in [6, 6.07) is 0. The van der Waals surface area contributed by atoms with Gasteiger partial charge in [0.15, 0.2) is 0 Å². The number of hydrogen-bond donors (Lipinski definition) is 0. The summed E-state index contributed by atoms with van der Waals surface area (Å²) in [4.78, 5) is 9.44. The molecule has 0 rings (SSSR count). The van der Waals surface area contributed by atoms with Gasteiger partial charge in [0.1, 0.15) is 5.78 Å². The Hall–Kier alpha value is 0.306. The van der Waals surface area contributed by atoms with Gasteiger partial charge in [-0.25, -0.2) is 0 Å². The molecule has 0 atom stereocenters. The Morgan fingerprint density at radius 3 is 1.40 bits per heavy atom. The van der Waals surface area contributed by atoms with Gasteiger partial charge in [-0.15, -0.1) is 0 Å². The van der Waals surface area contributed by atoms with Crippen LogP contribution in [0.5, 0.6) is 0 Å². The predicted molar refractivity (Wildman–Crippen MR) is 26.3 cm³/mol. The maximum atomic E-state index is 9.44. The second kappa shape index (κ2) is 4.31. The van der Waals surface area contributed by atoms with Gasteiger partial charge in [0.05, 0.1) is 0 Å². The number of ketones is 1. The van der Waals surface area contributed by atoms with Crippen molar-refractivity contribution in [2.24, 2.45) is 0 Å². The van der Waals surface area contributed by atoms with Crippen molar-refractivity contribution in [2.45, 2.75) is 13.8 Å². The van der Waals surface area contributed by atoms with Crippen molar-refractivity contribution < 1.29 is 4.79 Å². The van der Waals surface area contributed by atoms with Gasteiger partial charge in [-0.2, -0.15) is 0 Å². The molecule has 0 N–H and O–H groups in total. The first-order chi connectivity index (χ1) is 1.73. The standard InChI is InChI=1S/C3H6O.Ga.3H/c1-3(2)4;;;;/h1-2H3;;;;. The Morgan fingerprint density at radius 2 is 1.40 bits per heavy atom. The summed E-state index contributed by atoms with van der Waals surface area (Å²) >= 11 is 0. The number of carbonyl (C=O) groups excluding carboxylic acids is 1. The summed E-state index contributed by atoms with van der Waals surface area (Å²) in [5, 5.41) is 0. The molecule has 30 valence electrons. The van der Waals surface area contributed by atoms with E-state index in [-0.39, 0.29) is 25.6 Å². The molecule has 0 aliphatic heterocycles. The quantitative estimate of drug-likeness (QED) is 0.401. The molecule has 0 saturated heterocycles. The van der Waals surface area contributed by atoms with Crippen molar-refractivity contribution >= 4 is 25.6 Å². The Bertz CT molecular complexity index is 29.9. The fourth-order valence-corrected chi connectivity index (χ4v) is 0. The third-order valence-corrected chi connectivity index (χ3v) is 0. The molecule has 0 fully saturated rings. The molecule has 0 aliphatic rings. The zero-order valence-corrected chi connectivity index (χ0v) is 2.91. The van der Waals surface area contributed by atoms with Crippen LogP contribution in [0, 0.1) is 0 Å². The third-order valence-electron chi connectivity index (χ3n) is 0. The first-order valence-electron chi connectivity index (χ1n) is 1.20. The average molecular weight is 131 g/mol. The molecule has 1 nitrogen and oxygen atoms in total.